The lowest BCUT2D eigenvalue weighted by molar-refractivity contribution is 0.121. The monoisotopic (exact) mass is 279 g/mol. The van der Waals surface area contributed by atoms with Gasteiger partial charge in [-0.15, -0.1) is 0 Å². The molecule has 0 amide bonds. The second-order valence-corrected chi connectivity index (χ2v) is 5.65. The molecule has 1 atom stereocenters. The van der Waals surface area contributed by atoms with Gasteiger partial charge in [0.1, 0.15) is 6.61 Å². The molecule has 1 aromatic heterocycles. The summed E-state index contributed by atoms with van der Waals surface area (Å²) in [7, 11) is 2.15. The Hall–Kier alpha value is -1.49. The van der Waals surface area contributed by atoms with Crippen LogP contribution in [0.25, 0.3) is 0 Å². The summed E-state index contributed by atoms with van der Waals surface area (Å²) in [5.74, 6) is 1.03. The molecule has 1 fully saturated rings. The molecule has 20 heavy (non-hydrogen) atoms. The van der Waals surface area contributed by atoms with Crippen molar-refractivity contribution in [3.63, 3.8) is 0 Å². The molecule has 2 heterocycles. The Labute approximate surface area is 121 Å². The van der Waals surface area contributed by atoms with Gasteiger partial charge in [-0.1, -0.05) is 6.42 Å². The van der Waals surface area contributed by atoms with Gasteiger partial charge in [0.25, 0.3) is 0 Å². The summed E-state index contributed by atoms with van der Waals surface area (Å²) in [5.41, 5.74) is 6.39. The van der Waals surface area contributed by atoms with Gasteiger partial charge in [-0.2, -0.15) is 4.98 Å². The Morgan fingerprint density at radius 1 is 1.40 bits per heavy atom. The number of ether oxygens (including phenoxy) is 2. The van der Waals surface area contributed by atoms with Gasteiger partial charge in [0, 0.05) is 12.1 Å². The molecule has 2 rings (SSSR count). The fourth-order valence-corrected chi connectivity index (χ4v) is 2.37. The number of nitrogen functional groups attached to an aromatic ring is 1. The minimum Gasteiger partial charge on any atom is -0.476 e. The highest BCUT2D eigenvalue weighted by atomic mass is 16.5. The van der Waals surface area contributed by atoms with Crippen molar-refractivity contribution in [1.29, 1.82) is 0 Å². The summed E-state index contributed by atoms with van der Waals surface area (Å²) >= 11 is 0. The number of piperidine rings is 1. The van der Waals surface area contributed by atoms with Crippen LogP contribution in [0.2, 0.25) is 0 Å². The van der Waals surface area contributed by atoms with Crippen LogP contribution in [0.5, 0.6) is 11.8 Å². The van der Waals surface area contributed by atoms with Crippen LogP contribution in [0.3, 0.4) is 0 Å². The molecule has 0 aliphatic carbocycles. The first-order valence-corrected chi connectivity index (χ1v) is 7.32. The highest BCUT2D eigenvalue weighted by Crippen LogP contribution is 2.24. The van der Waals surface area contributed by atoms with Crippen molar-refractivity contribution < 1.29 is 9.47 Å². The third-order valence-electron chi connectivity index (χ3n) is 3.56. The molecule has 1 saturated heterocycles. The number of anilines is 1. The first-order valence-electron chi connectivity index (χ1n) is 7.32. The van der Waals surface area contributed by atoms with E-state index < -0.39 is 0 Å². The number of rotatable bonds is 5. The molecule has 5 heteroatoms. The van der Waals surface area contributed by atoms with Gasteiger partial charge in [-0.25, -0.2) is 0 Å². The van der Waals surface area contributed by atoms with E-state index in [4.69, 9.17) is 15.2 Å². The molecule has 0 saturated carbocycles. The number of nitrogens with zero attached hydrogens (tertiary/aromatic N) is 2. The highest BCUT2D eigenvalue weighted by molar-refractivity contribution is 5.49. The zero-order valence-electron chi connectivity index (χ0n) is 12.6. The maximum absolute atomic E-state index is 5.85. The smallest absolute Gasteiger partial charge is 0.240 e. The molecule has 2 N–H and O–H groups in total. The standard InChI is InChI=1S/C15H25N3O2/c1-11(2)20-15-13(16)7-8-14(17-15)19-10-12-6-4-5-9-18(12)3/h7-8,11-12H,4-6,9-10,16H2,1-3H3. The number of hydrogen-bond donors (Lipinski definition) is 1. The summed E-state index contributed by atoms with van der Waals surface area (Å²) in [6.45, 7) is 5.71. The van der Waals surface area contributed by atoms with Gasteiger partial charge in [0.15, 0.2) is 0 Å². The maximum atomic E-state index is 5.85. The SMILES string of the molecule is CC(C)Oc1nc(OCC2CCCCN2C)ccc1N. The third-order valence-corrected chi connectivity index (χ3v) is 3.56. The van der Waals surface area contributed by atoms with Gasteiger partial charge in [0.05, 0.1) is 11.8 Å². The van der Waals surface area contributed by atoms with Crippen LogP contribution in [0.1, 0.15) is 33.1 Å². The van der Waals surface area contributed by atoms with Crippen molar-refractivity contribution in [2.24, 2.45) is 0 Å². The van der Waals surface area contributed by atoms with E-state index in [0.29, 0.717) is 30.1 Å². The van der Waals surface area contributed by atoms with E-state index in [-0.39, 0.29) is 6.10 Å². The Balaban J connectivity index is 1.95. The van der Waals surface area contributed by atoms with E-state index in [1.807, 2.05) is 13.8 Å². The average molecular weight is 279 g/mol. The van der Waals surface area contributed by atoms with Crippen molar-refractivity contribution in [3.05, 3.63) is 12.1 Å². The molecule has 5 nitrogen and oxygen atoms in total. The molecule has 1 aromatic rings. The zero-order chi connectivity index (χ0) is 14.5. The maximum Gasteiger partial charge on any atom is 0.240 e. The van der Waals surface area contributed by atoms with Gasteiger partial charge in [-0.3, -0.25) is 0 Å². The lowest BCUT2D eigenvalue weighted by Gasteiger charge is -2.31. The zero-order valence-corrected chi connectivity index (χ0v) is 12.6. The lowest BCUT2D eigenvalue weighted by Crippen LogP contribution is -2.40. The third kappa shape index (κ3) is 4.00. The van der Waals surface area contributed by atoms with Crippen molar-refractivity contribution in [3.8, 4) is 11.8 Å². The van der Waals surface area contributed by atoms with Crippen LogP contribution in [0.15, 0.2) is 12.1 Å². The predicted molar refractivity (Wildman–Crippen MR) is 80.2 cm³/mol. The Morgan fingerprint density at radius 3 is 2.90 bits per heavy atom. The van der Waals surface area contributed by atoms with Crippen LogP contribution >= 0.6 is 0 Å². The molecule has 1 aliphatic rings. The van der Waals surface area contributed by atoms with Crippen LogP contribution in [-0.4, -0.2) is 42.2 Å². The van der Waals surface area contributed by atoms with E-state index in [9.17, 15) is 0 Å². The quantitative estimate of drug-likeness (QED) is 0.896. The second kappa shape index (κ2) is 6.79. The molecule has 0 aromatic carbocycles. The van der Waals surface area contributed by atoms with Crippen molar-refractivity contribution in [1.82, 2.24) is 9.88 Å². The van der Waals surface area contributed by atoms with E-state index >= 15 is 0 Å². The fraction of sp³-hybridized carbons (Fsp3) is 0.667. The molecule has 0 spiro atoms. The topological polar surface area (TPSA) is 60.6 Å². The number of hydrogen-bond acceptors (Lipinski definition) is 5. The largest absolute Gasteiger partial charge is 0.476 e. The molecule has 112 valence electrons. The second-order valence-electron chi connectivity index (χ2n) is 5.65. The minimum atomic E-state index is 0.0459. The number of likely N-dealkylation sites (tertiary alicyclic amines) is 1. The van der Waals surface area contributed by atoms with Gasteiger partial charge >= 0.3 is 0 Å². The minimum absolute atomic E-state index is 0.0459. The van der Waals surface area contributed by atoms with Crippen LogP contribution < -0.4 is 15.2 Å². The molecule has 1 unspecified atom stereocenters. The summed E-state index contributed by atoms with van der Waals surface area (Å²) < 4.78 is 11.4. The normalized spacial score (nSPS) is 20.1. The van der Waals surface area contributed by atoms with E-state index in [0.717, 1.165) is 6.54 Å². The predicted octanol–water partition coefficient (Wildman–Crippen LogP) is 2.31. The molecule has 1 aliphatic heterocycles. The van der Waals surface area contributed by atoms with E-state index in [2.05, 4.69) is 16.9 Å². The number of likely N-dealkylation sites (N-methyl/N-ethyl adjacent to an activating group) is 1. The van der Waals surface area contributed by atoms with Gasteiger partial charge < -0.3 is 20.1 Å². The van der Waals surface area contributed by atoms with Crippen molar-refractivity contribution in [2.75, 3.05) is 25.9 Å². The first-order chi connectivity index (χ1) is 9.56. The Kier molecular flexibility index (Phi) is 5.06. The van der Waals surface area contributed by atoms with E-state index in [1.54, 1.807) is 12.1 Å². The molecule has 0 bridgehead atoms. The Bertz CT molecular complexity index is 437. The number of nitrogens with two attached hydrogens (primary N) is 1. The van der Waals surface area contributed by atoms with Crippen molar-refractivity contribution >= 4 is 5.69 Å². The summed E-state index contributed by atoms with van der Waals surface area (Å²) in [5, 5.41) is 0. The molecular formula is C15H25N3O2. The van der Waals surface area contributed by atoms with Crippen LogP contribution in [0, 0.1) is 0 Å². The van der Waals surface area contributed by atoms with Crippen LogP contribution in [0.4, 0.5) is 5.69 Å². The fourth-order valence-electron chi connectivity index (χ4n) is 2.37. The number of aromatic nitrogens is 1. The van der Waals surface area contributed by atoms with Crippen LogP contribution in [-0.2, 0) is 0 Å². The molecular weight excluding hydrogens is 254 g/mol. The summed E-state index contributed by atoms with van der Waals surface area (Å²) in [4.78, 5) is 6.69. The average Bonchev–Trinajstić information content (AvgIpc) is 2.40. The Morgan fingerprint density at radius 2 is 2.20 bits per heavy atom. The highest BCUT2D eigenvalue weighted by Gasteiger charge is 2.19. The summed E-state index contributed by atoms with van der Waals surface area (Å²) in [6.07, 6.45) is 3.78. The van der Waals surface area contributed by atoms with Gasteiger partial charge in [0.2, 0.25) is 11.8 Å². The summed E-state index contributed by atoms with van der Waals surface area (Å²) in [6, 6.07) is 4.05. The first kappa shape index (κ1) is 14.9. The van der Waals surface area contributed by atoms with Crippen molar-refractivity contribution in [2.45, 2.75) is 45.3 Å². The number of pyridine rings is 1. The lowest BCUT2D eigenvalue weighted by atomic mass is 10.0. The molecule has 0 radical (unpaired) electrons. The van der Waals surface area contributed by atoms with E-state index in [1.165, 1.54) is 19.3 Å². The van der Waals surface area contributed by atoms with Gasteiger partial charge in [-0.05, 0) is 46.3 Å².